The van der Waals surface area contributed by atoms with Gasteiger partial charge in [0.25, 0.3) is 0 Å². The van der Waals surface area contributed by atoms with Gasteiger partial charge in [0, 0.05) is 11.6 Å². The molecule has 6 nitrogen and oxygen atoms in total. The van der Waals surface area contributed by atoms with Crippen molar-refractivity contribution in [2.45, 2.75) is 18.3 Å². The summed E-state index contributed by atoms with van der Waals surface area (Å²) in [5, 5.41) is 20.9. The van der Waals surface area contributed by atoms with Crippen LogP contribution in [-0.4, -0.2) is 37.6 Å². The lowest BCUT2D eigenvalue weighted by Gasteiger charge is -2.34. The maximum absolute atomic E-state index is 10.5. The summed E-state index contributed by atoms with van der Waals surface area (Å²) >= 11 is 0. The Morgan fingerprint density at radius 2 is 1.62 bits per heavy atom. The molecule has 0 unspecified atom stereocenters. The van der Waals surface area contributed by atoms with Gasteiger partial charge >= 0.3 is 0 Å². The van der Waals surface area contributed by atoms with Crippen molar-refractivity contribution >= 4 is 0 Å². The fourth-order valence-corrected chi connectivity index (χ4v) is 2.84. The lowest BCUT2D eigenvalue weighted by atomic mass is 9.92. The van der Waals surface area contributed by atoms with E-state index in [-0.39, 0.29) is 0 Å². The fraction of sp³-hybridized carbons (Fsp3) is 0.333. The van der Waals surface area contributed by atoms with Crippen molar-refractivity contribution in [1.29, 1.82) is 0 Å². The van der Waals surface area contributed by atoms with Gasteiger partial charge in [-0.25, -0.2) is 0 Å². The first-order chi connectivity index (χ1) is 11.6. The van der Waals surface area contributed by atoms with Gasteiger partial charge in [-0.15, -0.1) is 0 Å². The molecular formula is C18H20O6. The third-order valence-electron chi connectivity index (χ3n) is 4.16. The van der Waals surface area contributed by atoms with E-state index in [1.54, 1.807) is 50.6 Å². The lowest BCUT2D eigenvalue weighted by molar-refractivity contribution is -0.0701. The molecule has 6 heteroatoms. The van der Waals surface area contributed by atoms with Crippen molar-refractivity contribution in [2.24, 2.45) is 0 Å². The van der Waals surface area contributed by atoms with Gasteiger partial charge in [0.15, 0.2) is 17.6 Å². The summed E-state index contributed by atoms with van der Waals surface area (Å²) in [5.74, 6) is 2.20. The van der Waals surface area contributed by atoms with E-state index in [9.17, 15) is 10.2 Å². The number of aliphatic hydroxyl groups excluding tert-OH is 2. The van der Waals surface area contributed by atoms with E-state index in [1.807, 2.05) is 0 Å². The van der Waals surface area contributed by atoms with Gasteiger partial charge < -0.3 is 29.2 Å². The number of ether oxygens (including phenoxy) is 4. The first kappa shape index (κ1) is 16.4. The van der Waals surface area contributed by atoms with Crippen LogP contribution < -0.4 is 18.9 Å². The molecule has 24 heavy (non-hydrogen) atoms. The Balaban J connectivity index is 1.99. The van der Waals surface area contributed by atoms with Crippen molar-refractivity contribution in [3.63, 3.8) is 0 Å². The zero-order valence-electron chi connectivity index (χ0n) is 13.7. The van der Waals surface area contributed by atoms with Crippen molar-refractivity contribution in [3.8, 4) is 23.0 Å². The van der Waals surface area contributed by atoms with Crippen LogP contribution in [0.1, 0.15) is 23.3 Å². The van der Waals surface area contributed by atoms with E-state index in [2.05, 4.69) is 0 Å². The molecule has 128 valence electrons. The highest BCUT2D eigenvalue weighted by Crippen LogP contribution is 2.43. The number of rotatable bonds is 4. The van der Waals surface area contributed by atoms with Crippen LogP contribution in [0.25, 0.3) is 0 Å². The van der Waals surface area contributed by atoms with Crippen molar-refractivity contribution in [2.75, 3.05) is 21.3 Å². The molecule has 1 aliphatic heterocycles. The van der Waals surface area contributed by atoms with Gasteiger partial charge in [0.05, 0.1) is 21.3 Å². The number of hydrogen-bond donors (Lipinski definition) is 2. The molecule has 0 amide bonds. The fourth-order valence-electron chi connectivity index (χ4n) is 2.84. The maximum Gasteiger partial charge on any atom is 0.161 e. The smallest absolute Gasteiger partial charge is 0.161 e. The topological polar surface area (TPSA) is 77.4 Å². The third-order valence-corrected chi connectivity index (χ3v) is 4.16. The van der Waals surface area contributed by atoms with Crippen LogP contribution in [0.5, 0.6) is 23.0 Å². The molecule has 3 rings (SSSR count). The molecule has 0 bridgehead atoms. The molecule has 0 fully saturated rings. The Bertz CT molecular complexity index is 729. The predicted molar refractivity (Wildman–Crippen MR) is 86.9 cm³/mol. The summed E-state index contributed by atoms with van der Waals surface area (Å²) in [6.07, 6.45) is -2.90. The SMILES string of the molecule is COc1ccc2c(c1)O[C@H](c1ccc(OC)c(OC)c1)[C@@H](O)[C@H]2O. The number of benzene rings is 2. The molecule has 0 saturated carbocycles. The van der Waals surface area contributed by atoms with E-state index in [0.29, 0.717) is 34.1 Å². The zero-order chi connectivity index (χ0) is 17.3. The van der Waals surface area contributed by atoms with E-state index >= 15 is 0 Å². The highest BCUT2D eigenvalue weighted by molar-refractivity contribution is 5.47. The average Bonchev–Trinajstić information content (AvgIpc) is 2.63. The van der Waals surface area contributed by atoms with Crippen LogP contribution >= 0.6 is 0 Å². The first-order valence-corrected chi connectivity index (χ1v) is 7.51. The Hall–Kier alpha value is -2.44. The Morgan fingerprint density at radius 1 is 0.875 bits per heavy atom. The number of aliphatic hydroxyl groups is 2. The highest BCUT2D eigenvalue weighted by atomic mass is 16.5. The minimum Gasteiger partial charge on any atom is -0.497 e. The molecule has 0 aromatic heterocycles. The largest absolute Gasteiger partial charge is 0.497 e. The summed E-state index contributed by atoms with van der Waals surface area (Å²) in [6, 6.07) is 10.3. The minimum absolute atomic E-state index is 0.479. The molecule has 2 aromatic rings. The molecule has 0 radical (unpaired) electrons. The second-order valence-electron chi connectivity index (χ2n) is 5.49. The van der Waals surface area contributed by atoms with Crippen LogP contribution in [-0.2, 0) is 0 Å². The van der Waals surface area contributed by atoms with Gasteiger partial charge in [-0.1, -0.05) is 6.07 Å². The Morgan fingerprint density at radius 3 is 2.29 bits per heavy atom. The number of fused-ring (bicyclic) bond motifs is 1. The third kappa shape index (κ3) is 2.74. The predicted octanol–water partition coefficient (Wildman–Crippen LogP) is 2.24. The highest BCUT2D eigenvalue weighted by Gasteiger charge is 2.37. The molecule has 1 heterocycles. The second-order valence-corrected chi connectivity index (χ2v) is 5.49. The Labute approximate surface area is 140 Å². The summed E-state index contributed by atoms with van der Waals surface area (Å²) < 4.78 is 21.6. The van der Waals surface area contributed by atoms with E-state index < -0.39 is 18.3 Å². The summed E-state index contributed by atoms with van der Waals surface area (Å²) in [4.78, 5) is 0. The van der Waals surface area contributed by atoms with Crippen LogP contribution in [0.15, 0.2) is 36.4 Å². The molecule has 3 atom stereocenters. The zero-order valence-corrected chi connectivity index (χ0v) is 13.7. The van der Waals surface area contributed by atoms with Gasteiger partial charge in [-0.2, -0.15) is 0 Å². The first-order valence-electron chi connectivity index (χ1n) is 7.51. The van der Waals surface area contributed by atoms with Crippen LogP contribution in [0.3, 0.4) is 0 Å². The average molecular weight is 332 g/mol. The van der Waals surface area contributed by atoms with Crippen molar-refractivity contribution < 1.29 is 29.2 Å². The van der Waals surface area contributed by atoms with Crippen LogP contribution in [0.2, 0.25) is 0 Å². The summed E-state index contributed by atoms with van der Waals surface area (Å²) in [6.45, 7) is 0. The molecule has 1 aliphatic rings. The molecule has 0 spiro atoms. The van der Waals surface area contributed by atoms with Crippen molar-refractivity contribution in [1.82, 2.24) is 0 Å². The van der Waals surface area contributed by atoms with Gasteiger partial charge in [0.2, 0.25) is 0 Å². The minimum atomic E-state index is -1.11. The standard InChI is InChI=1S/C18H20O6/c1-21-11-5-6-12-14(9-11)24-18(17(20)16(12)19)10-4-7-13(22-2)15(8-10)23-3/h4-9,16-20H,1-3H3/t16-,17-,18+/m0/s1. The number of hydrogen-bond acceptors (Lipinski definition) is 6. The lowest BCUT2D eigenvalue weighted by Crippen LogP contribution is -2.34. The van der Waals surface area contributed by atoms with E-state index in [0.717, 1.165) is 0 Å². The maximum atomic E-state index is 10.5. The van der Waals surface area contributed by atoms with E-state index in [4.69, 9.17) is 18.9 Å². The molecule has 0 saturated heterocycles. The summed E-state index contributed by atoms with van der Waals surface area (Å²) in [7, 11) is 4.65. The number of methoxy groups -OCH3 is 3. The van der Waals surface area contributed by atoms with Crippen LogP contribution in [0, 0.1) is 0 Å². The molecule has 2 N–H and O–H groups in total. The van der Waals surface area contributed by atoms with E-state index in [1.165, 1.54) is 7.11 Å². The molecule has 2 aromatic carbocycles. The normalized spacial score (nSPS) is 22.3. The molecular weight excluding hydrogens is 312 g/mol. The van der Waals surface area contributed by atoms with Gasteiger partial charge in [0.1, 0.15) is 23.7 Å². The van der Waals surface area contributed by atoms with Gasteiger partial charge in [-0.05, 0) is 29.8 Å². The quantitative estimate of drug-likeness (QED) is 0.894. The second kappa shape index (κ2) is 6.59. The Kier molecular flexibility index (Phi) is 4.51. The van der Waals surface area contributed by atoms with Crippen LogP contribution in [0.4, 0.5) is 0 Å². The molecule has 0 aliphatic carbocycles. The van der Waals surface area contributed by atoms with Crippen molar-refractivity contribution in [3.05, 3.63) is 47.5 Å². The monoisotopic (exact) mass is 332 g/mol. The van der Waals surface area contributed by atoms with Gasteiger partial charge in [-0.3, -0.25) is 0 Å². The summed E-state index contributed by atoms with van der Waals surface area (Å²) in [5.41, 5.74) is 1.20.